The van der Waals surface area contributed by atoms with Crippen LogP contribution in [-0.2, 0) is 16.6 Å². The molecule has 5 aromatic carbocycles. The summed E-state index contributed by atoms with van der Waals surface area (Å²) in [6.07, 6.45) is 5.54. The Morgan fingerprint density at radius 1 is 0.759 bits per heavy atom. The maximum Gasteiger partial charge on any atom is 0.261 e. The molecule has 418 valence electrons. The van der Waals surface area contributed by atoms with E-state index in [4.69, 9.17) is 21.3 Å². The van der Waals surface area contributed by atoms with Gasteiger partial charge in [0.25, 0.3) is 17.4 Å². The van der Waals surface area contributed by atoms with Crippen molar-refractivity contribution in [1.29, 1.82) is 0 Å². The molecule has 1 N–H and O–H groups in total. The fourth-order valence-electron chi connectivity index (χ4n) is 10.4. The fourth-order valence-corrected chi connectivity index (χ4v) is 12.2. The van der Waals surface area contributed by atoms with Crippen LogP contribution in [0.1, 0.15) is 96.6 Å². The molecule has 2 amide bonds. The number of rotatable bonds is 26. The van der Waals surface area contributed by atoms with E-state index in [0.717, 1.165) is 86.0 Å². The highest BCUT2D eigenvalue weighted by Crippen LogP contribution is 2.34. The second kappa shape index (κ2) is 27.5. The molecule has 8 rings (SSSR count). The second-order valence-corrected chi connectivity index (χ2v) is 23.4. The van der Waals surface area contributed by atoms with Gasteiger partial charge in [-0.05, 0) is 86.2 Å². The van der Waals surface area contributed by atoms with Crippen molar-refractivity contribution in [2.45, 2.75) is 77.3 Å². The van der Waals surface area contributed by atoms with Crippen LogP contribution < -0.4 is 20.5 Å². The van der Waals surface area contributed by atoms with E-state index in [2.05, 4.69) is 27.0 Å². The van der Waals surface area contributed by atoms with Gasteiger partial charge in [0.15, 0.2) is 0 Å². The Morgan fingerprint density at radius 3 is 2.14 bits per heavy atom. The van der Waals surface area contributed by atoms with E-state index in [1.807, 2.05) is 125 Å². The zero-order chi connectivity index (χ0) is 56.1. The lowest BCUT2D eigenvalue weighted by atomic mass is 9.98. The smallest absolute Gasteiger partial charge is 0.261 e. The Bertz CT molecular complexity index is 3330. The minimum atomic E-state index is -3.74. The predicted octanol–water partition coefficient (Wildman–Crippen LogP) is 9.95. The van der Waals surface area contributed by atoms with Crippen molar-refractivity contribution in [3.63, 3.8) is 0 Å². The number of fused-ring (bicyclic) bond motifs is 2. The number of ether oxygens (including phenoxy) is 1. The Hall–Kier alpha value is -6.69. The summed E-state index contributed by atoms with van der Waals surface area (Å²) >= 11 is 6.44. The van der Waals surface area contributed by atoms with Crippen LogP contribution in [0.2, 0.25) is 5.02 Å². The third-order valence-electron chi connectivity index (χ3n) is 14.8. The van der Waals surface area contributed by atoms with Gasteiger partial charge < -0.3 is 24.8 Å². The molecule has 79 heavy (non-hydrogen) atoms. The van der Waals surface area contributed by atoms with Crippen LogP contribution in [0.15, 0.2) is 137 Å². The van der Waals surface area contributed by atoms with E-state index < -0.39 is 16.1 Å². The number of nitrogens with zero attached hydrogens (tertiary/aromatic N) is 8. The number of nitrogens with one attached hydrogen (secondary N) is 1. The molecular formula is C62H76ClN9O6S. The largest absolute Gasteiger partial charge is 0.478 e. The first kappa shape index (κ1) is 58.5. The standard InChI is InChI=1S/C62H76ClN9O6S/c1-7-8-14-33-70(79(76,77)56-29-28-55(67(5)6)51-19-12-13-20-52(51)56)40-39-69-37-35-68(36-38-69)32-16-41-78-57-30-25-49(43-65-57)60(73)64-31-15-34-71(61(74)48-23-21-46(4)22-24-48)58(45(2)3)59-66-54-42-50(63)26-27-53(54)62(75)72(59)44-47-17-10-9-11-18-47/h9-13,17-30,42-43,45,58H,7-8,14-16,31-41,44H2,1-6H3,(H,64,73)/t58-/m1/s1. The number of pyridine rings is 1. The molecule has 3 heterocycles. The van der Waals surface area contributed by atoms with E-state index in [0.29, 0.717) is 76.3 Å². The number of hydrogen-bond donors (Lipinski definition) is 1. The van der Waals surface area contributed by atoms with Gasteiger partial charge in [-0.3, -0.25) is 23.9 Å². The van der Waals surface area contributed by atoms with Crippen LogP contribution in [0.25, 0.3) is 21.7 Å². The molecule has 2 aromatic heterocycles. The number of aryl methyl sites for hydroxylation is 1. The van der Waals surface area contributed by atoms with Gasteiger partial charge in [-0.1, -0.05) is 118 Å². The highest BCUT2D eigenvalue weighted by Gasteiger charge is 2.33. The van der Waals surface area contributed by atoms with Gasteiger partial charge in [-0.2, -0.15) is 4.31 Å². The Morgan fingerprint density at radius 2 is 1.46 bits per heavy atom. The van der Waals surface area contributed by atoms with E-state index in [1.54, 1.807) is 50.2 Å². The summed E-state index contributed by atoms with van der Waals surface area (Å²) in [4.78, 5) is 60.9. The summed E-state index contributed by atoms with van der Waals surface area (Å²) < 4.78 is 38.1. The highest BCUT2D eigenvalue weighted by molar-refractivity contribution is 7.89. The first-order valence-electron chi connectivity index (χ1n) is 27.8. The Balaban J connectivity index is 0.825. The molecule has 0 saturated carbocycles. The molecule has 1 fully saturated rings. The minimum Gasteiger partial charge on any atom is -0.478 e. The van der Waals surface area contributed by atoms with Gasteiger partial charge in [0.1, 0.15) is 5.82 Å². The third-order valence-corrected chi connectivity index (χ3v) is 16.9. The molecule has 0 radical (unpaired) electrons. The zero-order valence-electron chi connectivity index (χ0n) is 46.6. The average Bonchev–Trinajstić information content (AvgIpc) is 3.46. The number of anilines is 1. The maximum atomic E-state index is 14.7. The molecule has 7 aromatic rings. The normalized spacial score (nSPS) is 13.8. The van der Waals surface area contributed by atoms with Crippen LogP contribution in [0.4, 0.5) is 5.69 Å². The maximum absolute atomic E-state index is 14.7. The number of carbonyl (C=O) groups is 2. The van der Waals surface area contributed by atoms with E-state index >= 15 is 0 Å². The number of carbonyl (C=O) groups excluding carboxylic acids is 2. The third kappa shape index (κ3) is 14.8. The molecule has 1 saturated heterocycles. The fraction of sp³-hybridized carbons (Fsp3) is 0.403. The van der Waals surface area contributed by atoms with Crippen LogP contribution >= 0.6 is 11.6 Å². The predicted molar refractivity (Wildman–Crippen MR) is 317 cm³/mol. The summed E-state index contributed by atoms with van der Waals surface area (Å²) in [5, 5.41) is 5.57. The number of amides is 2. The van der Waals surface area contributed by atoms with E-state index in [-0.39, 0.29) is 42.9 Å². The van der Waals surface area contributed by atoms with Crippen LogP contribution in [0, 0.1) is 12.8 Å². The first-order chi connectivity index (χ1) is 38.1. The van der Waals surface area contributed by atoms with Gasteiger partial charge in [-0.25, -0.2) is 18.4 Å². The Kier molecular flexibility index (Phi) is 20.3. The SMILES string of the molecule is CCCCCN(CCN1CCN(CCCOc2ccc(C(=O)NCCCN(C(=O)c3ccc(C)cc3)[C@@H](c3nc4cc(Cl)ccc4c(=O)n3Cc3ccccc3)C(C)C)cn2)CC1)S(=O)(=O)c1ccc(N(C)C)c2ccccc12. The lowest BCUT2D eigenvalue weighted by Crippen LogP contribution is -2.49. The van der Waals surface area contributed by atoms with Gasteiger partial charge >= 0.3 is 0 Å². The molecule has 0 spiro atoms. The number of benzene rings is 5. The zero-order valence-corrected chi connectivity index (χ0v) is 48.2. The van der Waals surface area contributed by atoms with Gasteiger partial charge in [0.2, 0.25) is 15.9 Å². The molecule has 0 bridgehead atoms. The molecule has 15 nitrogen and oxygen atoms in total. The van der Waals surface area contributed by atoms with Crippen LogP contribution in [0.3, 0.4) is 0 Å². The van der Waals surface area contributed by atoms with Crippen molar-refractivity contribution in [1.82, 2.24) is 38.9 Å². The van der Waals surface area contributed by atoms with Crippen molar-refractivity contribution in [2.75, 3.05) is 91.0 Å². The molecule has 0 aliphatic carbocycles. The monoisotopic (exact) mass is 1110 g/mol. The summed E-state index contributed by atoms with van der Waals surface area (Å²) in [5.74, 6) is 0.215. The quantitative estimate of drug-likeness (QED) is 0.0516. The molecule has 1 aliphatic heterocycles. The number of aromatic nitrogens is 3. The Labute approximate surface area is 471 Å². The molecular weight excluding hydrogens is 1030 g/mol. The van der Waals surface area contributed by atoms with Gasteiger partial charge in [0.05, 0.1) is 40.6 Å². The van der Waals surface area contributed by atoms with E-state index in [1.165, 1.54) is 6.20 Å². The molecule has 17 heteroatoms. The van der Waals surface area contributed by atoms with Crippen molar-refractivity contribution >= 4 is 60.8 Å². The summed E-state index contributed by atoms with van der Waals surface area (Å²) in [5.41, 5.74) is 4.06. The summed E-state index contributed by atoms with van der Waals surface area (Å²) in [6, 6.07) is 36.5. The lowest BCUT2D eigenvalue weighted by molar-refractivity contribution is 0.0601. The van der Waals surface area contributed by atoms with E-state index in [9.17, 15) is 22.8 Å². The summed E-state index contributed by atoms with van der Waals surface area (Å²) in [7, 11) is 0.214. The lowest BCUT2D eigenvalue weighted by Gasteiger charge is -2.35. The van der Waals surface area contributed by atoms with Crippen molar-refractivity contribution < 1.29 is 22.7 Å². The molecule has 1 atom stereocenters. The number of halogens is 1. The average molecular weight is 1110 g/mol. The number of sulfonamides is 1. The molecule has 1 aliphatic rings. The molecule has 0 unspecified atom stereocenters. The number of unbranched alkanes of at least 4 members (excludes halogenated alkanes) is 2. The minimum absolute atomic E-state index is 0.165. The summed E-state index contributed by atoms with van der Waals surface area (Å²) in [6.45, 7) is 15.3. The van der Waals surface area contributed by atoms with Crippen LogP contribution in [0.5, 0.6) is 5.88 Å². The van der Waals surface area contributed by atoms with Gasteiger partial charge in [-0.15, -0.1) is 0 Å². The topological polar surface area (TPSA) is 154 Å². The van der Waals surface area contributed by atoms with Crippen molar-refractivity contribution in [3.8, 4) is 5.88 Å². The van der Waals surface area contributed by atoms with Crippen molar-refractivity contribution in [3.05, 3.63) is 171 Å². The number of hydrogen-bond acceptors (Lipinski definition) is 11. The van der Waals surface area contributed by atoms with Crippen LogP contribution in [-0.4, -0.2) is 140 Å². The number of piperazine rings is 1. The second-order valence-electron chi connectivity index (χ2n) is 21.1. The van der Waals surface area contributed by atoms with Gasteiger partial charge in [0, 0.05) is 119 Å². The highest BCUT2D eigenvalue weighted by atomic mass is 35.5. The first-order valence-corrected chi connectivity index (χ1v) is 29.6. The van der Waals surface area contributed by atoms with Crippen molar-refractivity contribution in [2.24, 2.45) is 5.92 Å².